The van der Waals surface area contributed by atoms with Crippen LogP contribution in [0.2, 0.25) is 0 Å². The molecule has 0 saturated carbocycles. The molecule has 0 fully saturated rings. The Bertz CT molecular complexity index is 553. The van der Waals surface area contributed by atoms with Gasteiger partial charge in [0.25, 0.3) is 0 Å². The zero-order valence-electron chi connectivity index (χ0n) is 14.1. The highest BCUT2D eigenvalue weighted by molar-refractivity contribution is 5.36. The molecule has 0 spiro atoms. The smallest absolute Gasteiger partial charge is 0.0840 e. The van der Waals surface area contributed by atoms with E-state index >= 15 is 0 Å². The van der Waals surface area contributed by atoms with Crippen molar-refractivity contribution in [2.24, 2.45) is 0 Å². The highest BCUT2D eigenvalue weighted by Crippen LogP contribution is 2.28. The number of rotatable bonds is 4. The molecule has 0 aliphatic heterocycles. The topological polar surface area (TPSA) is 40.5 Å². The van der Waals surface area contributed by atoms with Crippen LogP contribution < -0.4 is 0 Å². The van der Waals surface area contributed by atoms with Crippen LogP contribution >= 0.6 is 0 Å². The molecule has 0 heterocycles. The highest BCUT2D eigenvalue weighted by atomic mass is 16.3. The van der Waals surface area contributed by atoms with Gasteiger partial charge in [0.15, 0.2) is 0 Å². The standard InChI is InChI=1S/C20H26O2/c1-14(15-6-10-17(11-7-15)19(2,3)21)16-8-12-18(13-9-16)20(4,5)22/h6-14,21-22H,1-5H3. The minimum Gasteiger partial charge on any atom is -0.386 e. The van der Waals surface area contributed by atoms with Gasteiger partial charge < -0.3 is 10.2 Å². The third-order valence-corrected chi connectivity index (χ3v) is 4.23. The zero-order valence-corrected chi connectivity index (χ0v) is 14.1. The summed E-state index contributed by atoms with van der Waals surface area (Å²) in [6, 6.07) is 16.2. The minimum atomic E-state index is -0.809. The summed E-state index contributed by atoms with van der Waals surface area (Å²) in [5, 5.41) is 20.0. The van der Waals surface area contributed by atoms with Crippen LogP contribution in [0, 0.1) is 0 Å². The maximum absolute atomic E-state index is 10.0. The zero-order chi connectivity index (χ0) is 16.5. The lowest BCUT2D eigenvalue weighted by Crippen LogP contribution is -2.15. The number of hydrogen-bond acceptors (Lipinski definition) is 2. The first-order valence-electron chi connectivity index (χ1n) is 7.74. The molecule has 2 N–H and O–H groups in total. The summed E-state index contributed by atoms with van der Waals surface area (Å²) in [5.41, 5.74) is 2.64. The third kappa shape index (κ3) is 3.76. The molecule has 0 radical (unpaired) electrons. The molecule has 2 heteroatoms. The van der Waals surface area contributed by atoms with Gasteiger partial charge in [0, 0.05) is 5.92 Å². The predicted octanol–water partition coefficient (Wildman–Crippen LogP) is 4.29. The van der Waals surface area contributed by atoms with Crippen LogP contribution in [0.5, 0.6) is 0 Å². The summed E-state index contributed by atoms with van der Waals surface area (Å²) in [5.74, 6) is 0.270. The summed E-state index contributed by atoms with van der Waals surface area (Å²) in [7, 11) is 0. The second kappa shape index (κ2) is 5.86. The lowest BCUT2D eigenvalue weighted by Gasteiger charge is -2.21. The van der Waals surface area contributed by atoms with Crippen LogP contribution in [-0.2, 0) is 11.2 Å². The quantitative estimate of drug-likeness (QED) is 0.884. The Kier molecular flexibility index (Phi) is 4.46. The van der Waals surface area contributed by atoms with E-state index in [0.717, 1.165) is 11.1 Å². The SMILES string of the molecule is CC(c1ccc(C(C)(C)O)cc1)c1ccc(C(C)(C)O)cc1. The van der Waals surface area contributed by atoms with Crippen LogP contribution in [0.25, 0.3) is 0 Å². The number of aliphatic hydroxyl groups is 2. The van der Waals surface area contributed by atoms with Gasteiger partial charge in [-0.2, -0.15) is 0 Å². The second-order valence-corrected chi connectivity index (χ2v) is 7.08. The largest absolute Gasteiger partial charge is 0.386 e. The van der Waals surface area contributed by atoms with Crippen LogP contribution in [0.1, 0.15) is 62.8 Å². The first-order valence-corrected chi connectivity index (χ1v) is 7.74. The van der Waals surface area contributed by atoms with E-state index in [1.165, 1.54) is 11.1 Å². The number of benzene rings is 2. The van der Waals surface area contributed by atoms with Gasteiger partial charge in [-0.1, -0.05) is 55.5 Å². The molecule has 2 nitrogen and oxygen atoms in total. The van der Waals surface area contributed by atoms with Crippen molar-refractivity contribution in [3.05, 3.63) is 70.8 Å². The minimum absolute atomic E-state index is 0.270. The van der Waals surface area contributed by atoms with E-state index in [1.54, 1.807) is 27.7 Å². The molecule has 2 aromatic carbocycles. The van der Waals surface area contributed by atoms with Gasteiger partial charge in [0.1, 0.15) is 0 Å². The predicted molar refractivity (Wildman–Crippen MR) is 90.9 cm³/mol. The van der Waals surface area contributed by atoms with Crippen LogP contribution in [-0.4, -0.2) is 10.2 Å². The Hall–Kier alpha value is -1.64. The van der Waals surface area contributed by atoms with Crippen molar-refractivity contribution in [2.45, 2.75) is 51.7 Å². The molecular weight excluding hydrogens is 272 g/mol. The van der Waals surface area contributed by atoms with Crippen LogP contribution in [0.4, 0.5) is 0 Å². The average molecular weight is 298 g/mol. The summed E-state index contributed by atoms with van der Waals surface area (Å²) in [6.45, 7) is 9.33. The van der Waals surface area contributed by atoms with Crippen LogP contribution in [0.15, 0.2) is 48.5 Å². The maximum atomic E-state index is 10.0. The Morgan fingerprint density at radius 2 is 0.909 bits per heavy atom. The summed E-state index contributed by atoms with van der Waals surface area (Å²) < 4.78 is 0. The summed E-state index contributed by atoms with van der Waals surface area (Å²) >= 11 is 0. The van der Waals surface area contributed by atoms with E-state index < -0.39 is 11.2 Å². The Morgan fingerprint density at radius 3 is 1.14 bits per heavy atom. The molecule has 0 bridgehead atoms. The molecule has 0 saturated heterocycles. The first kappa shape index (κ1) is 16.7. The van der Waals surface area contributed by atoms with Gasteiger partial charge in [0.2, 0.25) is 0 Å². The molecular formula is C20H26O2. The van der Waals surface area contributed by atoms with Crippen molar-refractivity contribution in [2.75, 3.05) is 0 Å². The molecule has 118 valence electrons. The van der Waals surface area contributed by atoms with E-state index in [2.05, 4.69) is 31.2 Å². The Labute approximate surface area is 133 Å². The van der Waals surface area contributed by atoms with E-state index in [-0.39, 0.29) is 5.92 Å². The molecule has 2 rings (SSSR count). The van der Waals surface area contributed by atoms with E-state index in [4.69, 9.17) is 0 Å². The third-order valence-electron chi connectivity index (χ3n) is 4.23. The second-order valence-electron chi connectivity index (χ2n) is 7.08. The van der Waals surface area contributed by atoms with Crippen molar-refractivity contribution in [3.8, 4) is 0 Å². The molecule has 0 atom stereocenters. The average Bonchev–Trinajstić information content (AvgIpc) is 2.45. The van der Waals surface area contributed by atoms with Crippen molar-refractivity contribution in [3.63, 3.8) is 0 Å². The molecule has 0 aliphatic rings. The summed E-state index contributed by atoms with van der Waals surface area (Å²) in [6.07, 6.45) is 0. The lowest BCUT2D eigenvalue weighted by molar-refractivity contribution is 0.0780. The van der Waals surface area contributed by atoms with E-state index in [9.17, 15) is 10.2 Å². The van der Waals surface area contributed by atoms with Crippen molar-refractivity contribution >= 4 is 0 Å². The maximum Gasteiger partial charge on any atom is 0.0840 e. The summed E-state index contributed by atoms with van der Waals surface area (Å²) in [4.78, 5) is 0. The molecule has 0 aliphatic carbocycles. The van der Waals surface area contributed by atoms with Crippen molar-refractivity contribution < 1.29 is 10.2 Å². The fraction of sp³-hybridized carbons (Fsp3) is 0.400. The highest BCUT2D eigenvalue weighted by Gasteiger charge is 2.18. The fourth-order valence-electron chi connectivity index (χ4n) is 2.55. The van der Waals surface area contributed by atoms with Crippen LogP contribution in [0.3, 0.4) is 0 Å². The van der Waals surface area contributed by atoms with Gasteiger partial charge in [0.05, 0.1) is 11.2 Å². The Balaban J connectivity index is 2.23. The monoisotopic (exact) mass is 298 g/mol. The van der Waals surface area contributed by atoms with Crippen molar-refractivity contribution in [1.29, 1.82) is 0 Å². The molecule has 2 aromatic rings. The molecule has 0 aromatic heterocycles. The van der Waals surface area contributed by atoms with Gasteiger partial charge in [-0.25, -0.2) is 0 Å². The van der Waals surface area contributed by atoms with E-state index in [1.807, 2.05) is 24.3 Å². The molecule has 0 unspecified atom stereocenters. The van der Waals surface area contributed by atoms with Gasteiger partial charge >= 0.3 is 0 Å². The van der Waals surface area contributed by atoms with Crippen molar-refractivity contribution in [1.82, 2.24) is 0 Å². The number of hydrogen-bond donors (Lipinski definition) is 2. The van der Waals surface area contributed by atoms with Gasteiger partial charge in [-0.15, -0.1) is 0 Å². The normalized spacial score (nSPS) is 12.7. The van der Waals surface area contributed by atoms with Gasteiger partial charge in [-0.3, -0.25) is 0 Å². The van der Waals surface area contributed by atoms with Gasteiger partial charge in [-0.05, 0) is 49.9 Å². The Morgan fingerprint density at radius 1 is 0.636 bits per heavy atom. The van der Waals surface area contributed by atoms with E-state index in [0.29, 0.717) is 0 Å². The molecule has 22 heavy (non-hydrogen) atoms. The lowest BCUT2D eigenvalue weighted by atomic mass is 9.88. The fourth-order valence-corrected chi connectivity index (χ4v) is 2.55. The first-order chi connectivity index (χ1) is 10.1. The molecule has 0 amide bonds.